The zero-order valence-electron chi connectivity index (χ0n) is 11.6. The molecular formula is C16H18N5+. The molecule has 0 saturated heterocycles. The molecule has 0 aliphatic heterocycles. The highest BCUT2D eigenvalue weighted by atomic mass is 15.2. The lowest BCUT2D eigenvalue weighted by molar-refractivity contribution is -0.457. The van der Waals surface area contributed by atoms with E-state index in [9.17, 15) is 0 Å². The molecule has 106 valence electrons. The third-order valence-corrected chi connectivity index (χ3v) is 3.21. The van der Waals surface area contributed by atoms with Crippen LogP contribution in [0.5, 0.6) is 0 Å². The van der Waals surface area contributed by atoms with E-state index in [2.05, 4.69) is 32.4 Å². The van der Waals surface area contributed by atoms with Gasteiger partial charge in [0.05, 0.1) is 17.6 Å². The molecule has 0 spiro atoms. The number of nitrogens with two attached hydrogens (primary N) is 1. The molecule has 0 bridgehead atoms. The fraction of sp³-hybridized carbons (Fsp3) is 0.125. The summed E-state index contributed by atoms with van der Waals surface area (Å²) < 4.78 is 0. The smallest absolute Gasteiger partial charge is 0.311 e. The van der Waals surface area contributed by atoms with Crippen LogP contribution in [0.2, 0.25) is 0 Å². The van der Waals surface area contributed by atoms with Gasteiger partial charge in [-0.15, -0.1) is 0 Å². The largest absolute Gasteiger partial charge is 0.348 e. The third-order valence-electron chi connectivity index (χ3n) is 3.21. The highest BCUT2D eigenvalue weighted by Gasteiger charge is 2.06. The van der Waals surface area contributed by atoms with Crippen molar-refractivity contribution in [3.63, 3.8) is 0 Å². The monoisotopic (exact) mass is 280 g/mol. The number of para-hydroxylation sites is 2. The summed E-state index contributed by atoms with van der Waals surface area (Å²) in [7, 11) is 0. The minimum absolute atomic E-state index is 0.491. The first-order valence-corrected chi connectivity index (χ1v) is 6.93. The van der Waals surface area contributed by atoms with E-state index in [0.29, 0.717) is 11.9 Å². The van der Waals surface area contributed by atoms with Crippen molar-refractivity contribution < 1.29 is 4.99 Å². The molecule has 5 N–H and O–H groups in total. The first kappa shape index (κ1) is 13.2. The Labute approximate surface area is 122 Å². The van der Waals surface area contributed by atoms with Crippen LogP contribution in [0.3, 0.4) is 0 Å². The van der Waals surface area contributed by atoms with Crippen LogP contribution in [0.15, 0.2) is 54.6 Å². The first-order valence-electron chi connectivity index (χ1n) is 6.93. The third kappa shape index (κ3) is 3.39. The molecule has 0 amide bonds. The van der Waals surface area contributed by atoms with E-state index < -0.39 is 0 Å². The molecule has 5 heteroatoms. The SMILES string of the molecule is NC(Nc1nc2ccccc2[nH]1)=[NH+]CCc1ccccc1. The van der Waals surface area contributed by atoms with E-state index in [1.54, 1.807) is 0 Å². The predicted molar refractivity (Wildman–Crippen MR) is 84.9 cm³/mol. The number of anilines is 1. The van der Waals surface area contributed by atoms with Crippen molar-refractivity contribution in [1.82, 2.24) is 9.97 Å². The number of hydrogen-bond donors (Lipinski definition) is 4. The van der Waals surface area contributed by atoms with Gasteiger partial charge in [0.2, 0.25) is 0 Å². The zero-order chi connectivity index (χ0) is 14.5. The van der Waals surface area contributed by atoms with Crippen molar-refractivity contribution in [2.24, 2.45) is 5.73 Å². The van der Waals surface area contributed by atoms with Crippen LogP contribution in [-0.2, 0) is 6.42 Å². The normalized spacial score (nSPS) is 11.7. The molecule has 0 unspecified atom stereocenters. The number of imidazole rings is 1. The Bertz CT molecular complexity index is 712. The number of rotatable bonds is 4. The number of nitrogens with zero attached hydrogens (tertiary/aromatic N) is 1. The standard InChI is InChI=1S/C16H17N5/c17-15(18-11-10-12-6-2-1-3-7-12)21-16-19-13-8-4-5-9-14(13)20-16/h1-9H,10-11H2,(H4,17,18,19,20,21)/p+1. The van der Waals surface area contributed by atoms with Gasteiger partial charge >= 0.3 is 5.96 Å². The van der Waals surface area contributed by atoms with E-state index in [0.717, 1.165) is 24.0 Å². The number of nitrogens with one attached hydrogen (secondary N) is 3. The number of fused-ring (bicyclic) bond motifs is 1. The van der Waals surface area contributed by atoms with Gasteiger partial charge in [0.25, 0.3) is 5.95 Å². The molecule has 0 saturated carbocycles. The van der Waals surface area contributed by atoms with Crippen LogP contribution < -0.4 is 16.0 Å². The van der Waals surface area contributed by atoms with Crippen LogP contribution >= 0.6 is 0 Å². The first-order chi connectivity index (χ1) is 10.3. The van der Waals surface area contributed by atoms with E-state index in [1.807, 2.05) is 42.5 Å². The van der Waals surface area contributed by atoms with Crippen molar-refractivity contribution in [3.8, 4) is 0 Å². The second-order valence-corrected chi connectivity index (χ2v) is 4.80. The minimum Gasteiger partial charge on any atom is -0.311 e. The molecule has 3 aromatic rings. The van der Waals surface area contributed by atoms with Crippen molar-refractivity contribution in [2.75, 3.05) is 11.9 Å². The maximum atomic E-state index is 5.93. The highest BCUT2D eigenvalue weighted by Crippen LogP contribution is 2.12. The molecule has 5 nitrogen and oxygen atoms in total. The van der Waals surface area contributed by atoms with Crippen LogP contribution in [0.4, 0.5) is 5.95 Å². The molecule has 1 heterocycles. The molecular weight excluding hydrogens is 262 g/mol. The number of aromatic nitrogens is 2. The fourth-order valence-corrected chi connectivity index (χ4v) is 2.17. The van der Waals surface area contributed by atoms with Crippen LogP contribution in [0.25, 0.3) is 11.0 Å². The second kappa shape index (κ2) is 6.09. The van der Waals surface area contributed by atoms with Crippen molar-refractivity contribution in [1.29, 1.82) is 0 Å². The summed E-state index contributed by atoms with van der Waals surface area (Å²) in [5.41, 5.74) is 9.10. The van der Waals surface area contributed by atoms with Crippen molar-refractivity contribution in [3.05, 3.63) is 60.2 Å². The highest BCUT2D eigenvalue weighted by molar-refractivity contribution is 5.88. The summed E-state index contributed by atoms with van der Waals surface area (Å²) in [6, 6.07) is 18.1. The van der Waals surface area contributed by atoms with Gasteiger partial charge in [0.15, 0.2) is 0 Å². The molecule has 0 radical (unpaired) electrons. The number of benzene rings is 2. The lowest BCUT2D eigenvalue weighted by atomic mass is 10.2. The predicted octanol–water partition coefficient (Wildman–Crippen LogP) is 0.613. The van der Waals surface area contributed by atoms with Gasteiger partial charge in [0, 0.05) is 6.42 Å². The number of guanidine groups is 1. The maximum absolute atomic E-state index is 5.93. The number of hydrogen-bond acceptors (Lipinski definition) is 1. The van der Waals surface area contributed by atoms with Gasteiger partial charge in [0.1, 0.15) is 0 Å². The molecule has 0 aliphatic rings. The molecule has 1 aromatic heterocycles. The van der Waals surface area contributed by atoms with Crippen molar-refractivity contribution >= 4 is 22.9 Å². The van der Waals surface area contributed by atoms with Gasteiger partial charge in [-0.25, -0.2) is 5.32 Å². The Morgan fingerprint density at radius 3 is 2.67 bits per heavy atom. The van der Waals surface area contributed by atoms with Gasteiger partial charge in [-0.1, -0.05) is 42.5 Å². The Morgan fingerprint density at radius 2 is 1.86 bits per heavy atom. The molecule has 0 aliphatic carbocycles. The molecule has 3 rings (SSSR count). The quantitative estimate of drug-likeness (QED) is 0.417. The summed E-state index contributed by atoms with van der Waals surface area (Å²) in [4.78, 5) is 10.7. The summed E-state index contributed by atoms with van der Waals surface area (Å²) in [5.74, 6) is 1.13. The van der Waals surface area contributed by atoms with E-state index >= 15 is 0 Å². The summed E-state index contributed by atoms with van der Waals surface area (Å²) in [5, 5.41) is 3.03. The fourth-order valence-electron chi connectivity index (χ4n) is 2.17. The number of aromatic amines is 1. The molecule has 0 atom stereocenters. The average Bonchev–Trinajstić information content (AvgIpc) is 2.90. The number of H-pyrrole nitrogens is 1. The van der Waals surface area contributed by atoms with E-state index in [-0.39, 0.29) is 0 Å². The molecule has 2 aromatic carbocycles. The molecule has 0 fully saturated rings. The van der Waals surface area contributed by atoms with E-state index in [1.165, 1.54) is 5.56 Å². The Morgan fingerprint density at radius 1 is 1.10 bits per heavy atom. The zero-order valence-corrected chi connectivity index (χ0v) is 11.6. The Hall–Kier alpha value is -2.82. The Balaban J connectivity index is 1.60. The maximum Gasteiger partial charge on any atom is 0.348 e. The van der Waals surface area contributed by atoms with Crippen LogP contribution in [-0.4, -0.2) is 22.5 Å². The topological polar surface area (TPSA) is 80.7 Å². The lowest BCUT2D eigenvalue weighted by Crippen LogP contribution is -2.77. The summed E-state index contributed by atoms with van der Waals surface area (Å²) in [6.07, 6.45) is 0.920. The van der Waals surface area contributed by atoms with Crippen molar-refractivity contribution in [2.45, 2.75) is 6.42 Å². The van der Waals surface area contributed by atoms with Gasteiger partial charge in [-0.3, -0.25) is 10.7 Å². The second-order valence-electron chi connectivity index (χ2n) is 4.80. The summed E-state index contributed by atoms with van der Waals surface area (Å²) >= 11 is 0. The molecule has 21 heavy (non-hydrogen) atoms. The summed E-state index contributed by atoms with van der Waals surface area (Å²) in [6.45, 7) is 0.767. The van der Waals surface area contributed by atoms with Gasteiger partial charge < -0.3 is 4.98 Å². The average molecular weight is 280 g/mol. The minimum atomic E-state index is 0.491. The van der Waals surface area contributed by atoms with Crippen LogP contribution in [0, 0.1) is 0 Å². The van der Waals surface area contributed by atoms with Crippen LogP contribution in [0.1, 0.15) is 5.56 Å². The van der Waals surface area contributed by atoms with E-state index in [4.69, 9.17) is 5.73 Å². The Kier molecular flexibility index (Phi) is 3.82. The lowest BCUT2D eigenvalue weighted by Gasteiger charge is -1.98. The van der Waals surface area contributed by atoms with Gasteiger partial charge in [-0.2, -0.15) is 4.98 Å². The van der Waals surface area contributed by atoms with Gasteiger partial charge in [-0.05, 0) is 17.7 Å².